The fourth-order valence-corrected chi connectivity index (χ4v) is 3.32. The Labute approximate surface area is 125 Å². The summed E-state index contributed by atoms with van der Waals surface area (Å²) in [5, 5.41) is 8.53. The average molecular weight is 287 g/mol. The predicted octanol–water partition coefficient (Wildman–Crippen LogP) is 3.13. The summed E-state index contributed by atoms with van der Waals surface area (Å²) < 4.78 is 0. The summed E-state index contributed by atoms with van der Waals surface area (Å²) >= 11 is 5.34. The van der Waals surface area contributed by atoms with Gasteiger partial charge in [-0.3, -0.25) is 5.43 Å². The Hall–Kier alpha value is -1.42. The summed E-state index contributed by atoms with van der Waals surface area (Å²) in [6, 6.07) is 9.00. The van der Waals surface area contributed by atoms with Gasteiger partial charge >= 0.3 is 0 Å². The third-order valence-electron chi connectivity index (χ3n) is 4.19. The Morgan fingerprint density at radius 3 is 2.75 bits per heavy atom. The number of fused-ring (bicyclic) bond motifs is 1. The molecule has 1 fully saturated rings. The summed E-state index contributed by atoms with van der Waals surface area (Å²) in [7, 11) is 0. The minimum absolute atomic E-state index is 0.528. The molecule has 1 aromatic carbocycles. The topological polar surface area (TPSA) is 36.4 Å². The van der Waals surface area contributed by atoms with Crippen molar-refractivity contribution >= 4 is 23.0 Å². The molecule has 2 aliphatic rings. The number of hydrazone groups is 1. The Morgan fingerprint density at radius 2 is 1.90 bits per heavy atom. The van der Waals surface area contributed by atoms with Gasteiger partial charge in [-0.25, -0.2) is 0 Å². The zero-order valence-corrected chi connectivity index (χ0v) is 12.5. The normalized spacial score (nSPS) is 20.7. The molecule has 1 saturated carbocycles. The van der Waals surface area contributed by atoms with Crippen LogP contribution in [0.25, 0.3) is 0 Å². The van der Waals surface area contributed by atoms with Crippen LogP contribution < -0.4 is 10.7 Å². The minimum Gasteiger partial charge on any atom is -0.359 e. The van der Waals surface area contributed by atoms with Crippen molar-refractivity contribution in [2.75, 3.05) is 0 Å². The first kappa shape index (κ1) is 13.6. The van der Waals surface area contributed by atoms with E-state index in [-0.39, 0.29) is 0 Å². The molecule has 0 amide bonds. The highest BCUT2D eigenvalue weighted by molar-refractivity contribution is 7.80. The number of hydrogen-bond donors (Lipinski definition) is 2. The molecule has 3 nitrogen and oxygen atoms in total. The van der Waals surface area contributed by atoms with Crippen molar-refractivity contribution in [3.05, 3.63) is 35.4 Å². The lowest BCUT2D eigenvalue weighted by molar-refractivity contribution is 0.412. The molecule has 3 rings (SSSR count). The lowest BCUT2D eigenvalue weighted by atomic mass is 9.96. The van der Waals surface area contributed by atoms with E-state index >= 15 is 0 Å². The maximum Gasteiger partial charge on any atom is 0.187 e. The number of nitrogens with one attached hydrogen (secondary N) is 2. The molecular formula is C16H21N3S. The van der Waals surface area contributed by atoms with Crippen LogP contribution in [0.3, 0.4) is 0 Å². The molecule has 20 heavy (non-hydrogen) atoms. The van der Waals surface area contributed by atoms with Crippen molar-refractivity contribution < 1.29 is 0 Å². The highest BCUT2D eigenvalue weighted by Crippen LogP contribution is 2.21. The molecule has 0 bridgehead atoms. The van der Waals surface area contributed by atoms with Crippen LogP contribution in [-0.2, 0) is 6.42 Å². The molecule has 0 aromatic heterocycles. The quantitative estimate of drug-likeness (QED) is 0.648. The van der Waals surface area contributed by atoms with Crippen LogP contribution >= 0.6 is 12.2 Å². The van der Waals surface area contributed by atoms with Crippen molar-refractivity contribution in [2.24, 2.45) is 5.10 Å². The summed E-state index contributed by atoms with van der Waals surface area (Å²) in [5.74, 6) is 0. The van der Waals surface area contributed by atoms with Gasteiger partial charge in [0.15, 0.2) is 5.11 Å². The Balaban J connectivity index is 1.56. The zero-order valence-electron chi connectivity index (χ0n) is 11.7. The van der Waals surface area contributed by atoms with Crippen LogP contribution in [0.1, 0.15) is 49.7 Å². The number of rotatable bonds is 2. The first-order valence-electron chi connectivity index (χ1n) is 7.54. The molecule has 2 N–H and O–H groups in total. The van der Waals surface area contributed by atoms with Crippen molar-refractivity contribution in [1.29, 1.82) is 0 Å². The molecule has 0 saturated heterocycles. The molecule has 0 aliphatic heterocycles. The summed E-state index contributed by atoms with van der Waals surface area (Å²) in [6.07, 6.45) is 8.50. The van der Waals surface area contributed by atoms with Crippen molar-refractivity contribution in [1.82, 2.24) is 10.7 Å². The molecule has 0 radical (unpaired) electrons. The number of hydrogen-bond acceptors (Lipinski definition) is 2. The van der Waals surface area contributed by atoms with Gasteiger partial charge in [-0.05, 0) is 43.5 Å². The van der Waals surface area contributed by atoms with E-state index in [2.05, 4.69) is 40.1 Å². The number of nitrogens with zero attached hydrogens (tertiary/aromatic N) is 1. The smallest absolute Gasteiger partial charge is 0.187 e. The molecule has 2 aliphatic carbocycles. The molecule has 0 heterocycles. The Bertz CT molecular complexity index is 518. The van der Waals surface area contributed by atoms with Crippen LogP contribution in [0.4, 0.5) is 0 Å². The SMILES string of the molecule is S=C(N/N=C1/CCc2ccccc21)NC1CCCCC1. The van der Waals surface area contributed by atoms with E-state index in [1.165, 1.54) is 43.2 Å². The van der Waals surface area contributed by atoms with E-state index in [0.29, 0.717) is 11.2 Å². The molecule has 0 atom stereocenters. The van der Waals surface area contributed by atoms with E-state index in [1.807, 2.05) is 0 Å². The van der Waals surface area contributed by atoms with Gasteiger partial charge < -0.3 is 5.32 Å². The first-order valence-corrected chi connectivity index (χ1v) is 7.95. The standard InChI is InChI=1S/C16H21N3S/c20-16(17-13-7-2-1-3-8-13)19-18-15-11-10-12-6-4-5-9-14(12)15/h4-6,9,13H,1-3,7-8,10-11H2,(H2,17,19,20)/b18-15-. The van der Waals surface area contributed by atoms with Gasteiger partial charge in [0.25, 0.3) is 0 Å². The maximum atomic E-state index is 5.34. The van der Waals surface area contributed by atoms with Crippen molar-refractivity contribution in [3.8, 4) is 0 Å². The summed E-state index contributed by atoms with van der Waals surface area (Å²) in [6.45, 7) is 0. The average Bonchev–Trinajstić information content (AvgIpc) is 2.89. The highest BCUT2D eigenvalue weighted by Gasteiger charge is 2.17. The van der Waals surface area contributed by atoms with Gasteiger partial charge in [0.05, 0.1) is 5.71 Å². The van der Waals surface area contributed by atoms with Crippen LogP contribution in [0.2, 0.25) is 0 Å². The highest BCUT2D eigenvalue weighted by atomic mass is 32.1. The fraction of sp³-hybridized carbons (Fsp3) is 0.500. The monoisotopic (exact) mass is 287 g/mol. The van der Waals surface area contributed by atoms with Crippen molar-refractivity contribution in [3.63, 3.8) is 0 Å². The molecule has 0 spiro atoms. The second-order valence-electron chi connectivity index (χ2n) is 5.64. The number of aryl methyl sites for hydroxylation is 1. The van der Waals surface area contributed by atoms with Gasteiger partial charge in [0.1, 0.15) is 0 Å². The third kappa shape index (κ3) is 3.18. The second-order valence-corrected chi connectivity index (χ2v) is 6.04. The molecule has 1 aromatic rings. The molecule has 4 heteroatoms. The van der Waals surface area contributed by atoms with E-state index in [0.717, 1.165) is 18.6 Å². The number of benzene rings is 1. The zero-order chi connectivity index (χ0) is 13.8. The van der Waals surface area contributed by atoms with Crippen LogP contribution in [-0.4, -0.2) is 16.9 Å². The van der Waals surface area contributed by atoms with Crippen LogP contribution in [0.5, 0.6) is 0 Å². The van der Waals surface area contributed by atoms with E-state index < -0.39 is 0 Å². The Kier molecular flexibility index (Phi) is 4.31. The van der Waals surface area contributed by atoms with Crippen LogP contribution in [0, 0.1) is 0 Å². The first-order chi connectivity index (χ1) is 9.83. The largest absolute Gasteiger partial charge is 0.359 e. The lowest BCUT2D eigenvalue weighted by Crippen LogP contribution is -2.41. The van der Waals surface area contributed by atoms with Gasteiger partial charge in [-0.15, -0.1) is 0 Å². The van der Waals surface area contributed by atoms with Gasteiger partial charge in [0.2, 0.25) is 0 Å². The number of thiocarbonyl (C=S) groups is 1. The summed E-state index contributed by atoms with van der Waals surface area (Å²) in [4.78, 5) is 0. The third-order valence-corrected chi connectivity index (χ3v) is 4.40. The fourth-order valence-electron chi connectivity index (χ4n) is 3.11. The van der Waals surface area contributed by atoms with Gasteiger partial charge in [-0.2, -0.15) is 5.10 Å². The second kappa shape index (κ2) is 6.35. The molecule has 106 valence electrons. The lowest BCUT2D eigenvalue weighted by Gasteiger charge is -2.23. The Morgan fingerprint density at radius 1 is 1.10 bits per heavy atom. The van der Waals surface area contributed by atoms with E-state index in [4.69, 9.17) is 12.2 Å². The van der Waals surface area contributed by atoms with Gasteiger partial charge in [0, 0.05) is 11.6 Å². The van der Waals surface area contributed by atoms with Gasteiger partial charge in [-0.1, -0.05) is 43.5 Å². The van der Waals surface area contributed by atoms with E-state index in [9.17, 15) is 0 Å². The summed E-state index contributed by atoms with van der Waals surface area (Å²) in [5.41, 5.74) is 6.79. The van der Waals surface area contributed by atoms with Crippen LogP contribution in [0.15, 0.2) is 29.4 Å². The van der Waals surface area contributed by atoms with Crippen molar-refractivity contribution in [2.45, 2.75) is 51.0 Å². The molecule has 0 unspecified atom stereocenters. The molecular weight excluding hydrogens is 266 g/mol. The minimum atomic E-state index is 0.528. The van der Waals surface area contributed by atoms with E-state index in [1.54, 1.807) is 0 Å². The maximum absolute atomic E-state index is 5.34. The predicted molar refractivity (Wildman–Crippen MR) is 87.0 cm³/mol.